The third kappa shape index (κ3) is 4.10. The maximum Gasteiger partial charge on any atom is 0.197 e. The first-order valence-electron chi connectivity index (χ1n) is 6.61. The molecule has 4 heteroatoms. The molecule has 0 spiro atoms. The quantitative estimate of drug-likeness (QED) is 0.831. The molecule has 0 saturated heterocycles. The Balaban J connectivity index is 1.94. The van der Waals surface area contributed by atoms with Crippen LogP contribution in [0.1, 0.15) is 23.9 Å². The van der Waals surface area contributed by atoms with E-state index in [0.29, 0.717) is 18.9 Å². The molecule has 0 bridgehead atoms. The van der Waals surface area contributed by atoms with Crippen molar-refractivity contribution in [3.05, 3.63) is 47.7 Å². The topological polar surface area (TPSA) is 47.3 Å². The fraction of sp³-hybridized carbons (Fsp3) is 0.400. The first-order chi connectivity index (χ1) is 9.29. The largest absolute Gasteiger partial charge is 0.493 e. The number of benzene rings is 1. The highest BCUT2D eigenvalue weighted by Crippen LogP contribution is 2.20. The van der Waals surface area contributed by atoms with Crippen molar-refractivity contribution in [3.8, 4) is 5.75 Å². The van der Waals surface area contributed by atoms with Crippen molar-refractivity contribution in [1.29, 1.82) is 0 Å². The third-order valence-electron chi connectivity index (χ3n) is 2.84. The van der Waals surface area contributed by atoms with Crippen molar-refractivity contribution < 1.29 is 9.15 Å². The van der Waals surface area contributed by atoms with Crippen LogP contribution in [0.5, 0.6) is 5.75 Å². The van der Waals surface area contributed by atoms with E-state index in [-0.39, 0.29) is 0 Å². The van der Waals surface area contributed by atoms with Crippen LogP contribution in [-0.2, 0) is 13.0 Å². The van der Waals surface area contributed by atoms with Gasteiger partial charge in [0.2, 0.25) is 0 Å². The molecule has 2 aromatic rings. The zero-order valence-electron chi connectivity index (χ0n) is 11.5. The number of rotatable bonds is 7. The fourth-order valence-corrected chi connectivity index (χ4v) is 1.87. The van der Waals surface area contributed by atoms with E-state index in [4.69, 9.17) is 9.15 Å². The molecule has 102 valence electrons. The summed E-state index contributed by atoms with van der Waals surface area (Å²) in [4.78, 5) is 4.07. The maximum atomic E-state index is 5.82. The number of nitrogens with one attached hydrogen (secondary N) is 1. The van der Waals surface area contributed by atoms with Gasteiger partial charge in [0.05, 0.1) is 19.2 Å². The molecule has 0 unspecified atom stereocenters. The van der Waals surface area contributed by atoms with E-state index in [1.165, 1.54) is 11.1 Å². The molecular formula is C15H20N2O2. The van der Waals surface area contributed by atoms with Crippen molar-refractivity contribution >= 4 is 0 Å². The van der Waals surface area contributed by atoms with Gasteiger partial charge in [-0.25, -0.2) is 4.98 Å². The highest BCUT2D eigenvalue weighted by Gasteiger charge is 2.05. The number of aryl methyl sites for hydroxylation is 1. The van der Waals surface area contributed by atoms with E-state index in [1.54, 1.807) is 12.5 Å². The lowest BCUT2D eigenvalue weighted by Crippen LogP contribution is -2.13. The lowest BCUT2D eigenvalue weighted by Gasteiger charge is -2.12. The minimum absolute atomic E-state index is 0.572. The molecule has 1 heterocycles. The maximum absolute atomic E-state index is 5.82. The number of ether oxygens (including phenoxy) is 1. The predicted molar refractivity (Wildman–Crippen MR) is 74.3 cm³/mol. The van der Waals surface area contributed by atoms with Crippen LogP contribution in [0.2, 0.25) is 0 Å². The summed E-state index contributed by atoms with van der Waals surface area (Å²) in [5.74, 6) is 1.64. The van der Waals surface area contributed by atoms with Crippen molar-refractivity contribution in [2.24, 2.45) is 0 Å². The van der Waals surface area contributed by atoms with E-state index in [2.05, 4.69) is 36.3 Å². The molecular weight excluding hydrogens is 240 g/mol. The Kier molecular flexibility index (Phi) is 4.98. The third-order valence-corrected chi connectivity index (χ3v) is 2.84. The van der Waals surface area contributed by atoms with E-state index >= 15 is 0 Å². The summed E-state index contributed by atoms with van der Waals surface area (Å²) < 4.78 is 11.0. The Bertz CT molecular complexity index is 495. The monoisotopic (exact) mass is 260 g/mol. The van der Waals surface area contributed by atoms with Gasteiger partial charge in [0.25, 0.3) is 0 Å². The number of hydrogen-bond donors (Lipinski definition) is 1. The Morgan fingerprint density at radius 3 is 3.00 bits per heavy atom. The van der Waals surface area contributed by atoms with E-state index < -0.39 is 0 Å². The average Bonchev–Trinajstić information content (AvgIpc) is 2.91. The summed E-state index contributed by atoms with van der Waals surface area (Å²) in [5, 5.41) is 3.33. The summed E-state index contributed by atoms with van der Waals surface area (Å²) in [6, 6.07) is 6.25. The van der Waals surface area contributed by atoms with E-state index in [0.717, 1.165) is 18.8 Å². The Morgan fingerprint density at radius 1 is 1.37 bits per heavy atom. The zero-order chi connectivity index (χ0) is 13.5. The molecule has 1 aromatic carbocycles. The number of aromatic nitrogens is 1. The minimum Gasteiger partial charge on any atom is -0.493 e. The molecule has 0 aliphatic rings. The van der Waals surface area contributed by atoms with Gasteiger partial charge in [-0.05, 0) is 19.5 Å². The summed E-state index contributed by atoms with van der Waals surface area (Å²) in [7, 11) is 0. The van der Waals surface area contributed by atoms with Gasteiger partial charge in [0.15, 0.2) is 5.89 Å². The fourth-order valence-electron chi connectivity index (χ4n) is 1.87. The first kappa shape index (κ1) is 13.6. The van der Waals surface area contributed by atoms with Crippen LogP contribution in [0.25, 0.3) is 0 Å². The minimum atomic E-state index is 0.572. The van der Waals surface area contributed by atoms with Gasteiger partial charge >= 0.3 is 0 Å². The second-order valence-corrected chi connectivity index (χ2v) is 4.42. The molecule has 0 aliphatic heterocycles. The standard InChI is InChI=1S/C15H20N2O2/c1-3-16-11-13-10-12(2)4-5-14(13)18-8-6-15-17-7-9-19-15/h4-5,7,9-10,16H,3,6,8,11H2,1-2H3. The van der Waals surface area contributed by atoms with Crippen molar-refractivity contribution in [1.82, 2.24) is 10.3 Å². The second kappa shape index (κ2) is 6.95. The first-order valence-corrected chi connectivity index (χ1v) is 6.61. The van der Waals surface area contributed by atoms with Gasteiger partial charge < -0.3 is 14.5 Å². The zero-order valence-corrected chi connectivity index (χ0v) is 11.5. The molecule has 0 atom stereocenters. The van der Waals surface area contributed by atoms with Gasteiger partial charge in [-0.1, -0.05) is 24.6 Å². The normalized spacial score (nSPS) is 10.6. The highest BCUT2D eigenvalue weighted by atomic mass is 16.5. The van der Waals surface area contributed by atoms with Crippen LogP contribution < -0.4 is 10.1 Å². The molecule has 1 N–H and O–H groups in total. The molecule has 1 aromatic heterocycles. The van der Waals surface area contributed by atoms with Crippen molar-refractivity contribution in [3.63, 3.8) is 0 Å². The number of nitrogens with zero attached hydrogens (tertiary/aromatic N) is 1. The number of hydrogen-bond acceptors (Lipinski definition) is 4. The van der Waals surface area contributed by atoms with Crippen LogP contribution in [0.4, 0.5) is 0 Å². The average molecular weight is 260 g/mol. The van der Waals surface area contributed by atoms with Gasteiger partial charge in [0.1, 0.15) is 12.0 Å². The van der Waals surface area contributed by atoms with Crippen LogP contribution in [0.15, 0.2) is 35.1 Å². The van der Waals surface area contributed by atoms with Crippen molar-refractivity contribution in [2.75, 3.05) is 13.2 Å². The second-order valence-electron chi connectivity index (χ2n) is 4.42. The van der Waals surface area contributed by atoms with Crippen LogP contribution in [0, 0.1) is 6.92 Å². The van der Waals surface area contributed by atoms with E-state index in [1.807, 2.05) is 6.07 Å². The van der Waals surface area contributed by atoms with Crippen LogP contribution in [0.3, 0.4) is 0 Å². The predicted octanol–water partition coefficient (Wildman–Crippen LogP) is 2.71. The summed E-state index contributed by atoms with van der Waals surface area (Å²) in [6.45, 7) is 6.53. The van der Waals surface area contributed by atoms with Crippen molar-refractivity contribution in [2.45, 2.75) is 26.8 Å². The molecule has 0 aliphatic carbocycles. The summed E-state index contributed by atoms with van der Waals surface area (Å²) in [5.41, 5.74) is 2.43. The molecule has 0 fully saturated rings. The molecule has 0 saturated carbocycles. The lowest BCUT2D eigenvalue weighted by molar-refractivity contribution is 0.302. The smallest absolute Gasteiger partial charge is 0.197 e. The summed E-state index contributed by atoms with van der Waals surface area (Å²) >= 11 is 0. The SMILES string of the molecule is CCNCc1cc(C)ccc1OCCc1ncco1. The van der Waals surface area contributed by atoms with Crippen LogP contribution >= 0.6 is 0 Å². The summed E-state index contributed by atoms with van der Waals surface area (Å²) in [6.07, 6.45) is 3.91. The van der Waals surface area contributed by atoms with Gasteiger partial charge in [-0.15, -0.1) is 0 Å². The van der Waals surface area contributed by atoms with E-state index in [9.17, 15) is 0 Å². The lowest BCUT2D eigenvalue weighted by atomic mass is 10.1. The van der Waals surface area contributed by atoms with Gasteiger partial charge in [-0.3, -0.25) is 0 Å². The van der Waals surface area contributed by atoms with Gasteiger partial charge in [0, 0.05) is 12.1 Å². The Morgan fingerprint density at radius 2 is 2.26 bits per heavy atom. The van der Waals surface area contributed by atoms with Crippen LogP contribution in [-0.4, -0.2) is 18.1 Å². The molecule has 4 nitrogen and oxygen atoms in total. The molecule has 2 rings (SSSR count). The molecule has 19 heavy (non-hydrogen) atoms. The molecule has 0 amide bonds. The Hall–Kier alpha value is -1.81. The Labute approximate surface area is 113 Å². The number of oxazole rings is 1. The van der Waals surface area contributed by atoms with Gasteiger partial charge in [-0.2, -0.15) is 0 Å². The highest BCUT2D eigenvalue weighted by molar-refractivity contribution is 5.36. The molecule has 0 radical (unpaired) electrons.